The maximum Gasteiger partial charge on any atom is 0.363 e. The predicted octanol–water partition coefficient (Wildman–Crippen LogP) is 4.94. The molecule has 1 aliphatic heterocycles. The van der Waals surface area contributed by atoms with E-state index in [9.17, 15) is 9.59 Å². The standard InChI is InChI=1S/C21H15Cl2NO5/c1-12(25)28-18-11-13(6-8-17(18)27-2)10-16-21(26)29-19(24-16)9-7-14-4-3-5-15(22)20(14)23/h3-11H,1-2H3/b9-7+,16-10-. The van der Waals surface area contributed by atoms with Crippen LogP contribution in [0.3, 0.4) is 0 Å². The minimum absolute atomic E-state index is 0.0979. The summed E-state index contributed by atoms with van der Waals surface area (Å²) in [4.78, 5) is 27.5. The fraction of sp³-hybridized carbons (Fsp3) is 0.0952. The highest BCUT2D eigenvalue weighted by Gasteiger charge is 2.21. The molecule has 0 aromatic heterocycles. The highest BCUT2D eigenvalue weighted by Crippen LogP contribution is 2.30. The number of rotatable bonds is 5. The van der Waals surface area contributed by atoms with Crippen LogP contribution in [0.2, 0.25) is 10.0 Å². The summed E-state index contributed by atoms with van der Waals surface area (Å²) in [6.07, 6.45) is 4.69. The number of ether oxygens (including phenoxy) is 3. The van der Waals surface area contributed by atoms with Crippen LogP contribution >= 0.6 is 23.2 Å². The Morgan fingerprint density at radius 1 is 1.14 bits per heavy atom. The third-order valence-electron chi connectivity index (χ3n) is 3.77. The van der Waals surface area contributed by atoms with Crippen molar-refractivity contribution in [1.29, 1.82) is 0 Å². The molecule has 0 saturated heterocycles. The zero-order valence-electron chi connectivity index (χ0n) is 15.4. The molecular weight excluding hydrogens is 417 g/mol. The van der Waals surface area contributed by atoms with Crippen LogP contribution in [0.4, 0.5) is 0 Å². The van der Waals surface area contributed by atoms with Gasteiger partial charge in [0, 0.05) is 13.0 Å². The lowest BCUT2D eigenvalue weighted by molar-refractivity contribution is -0.132. The Bertz CT molecular complexity index is 1070. The lowest BCUT2D eigenvalue weighted by atomic mass is 10.1. The first-order valence-electron chi connectivity index (χ1n) is 8.38. The minimum atomic E-state index is -0.605. The van der Waals surface area contributed by atoms with E-state index >= 15 is 0 Å². The molecule has 0 unspecified atom stereocenters. The molecule has 0 N–H and O–H groups in total. The first-order valence-corrected chi connectivity index (χ1v) is 9.14. The van der Waals surface area contributed by atoms with Crippen molar-refractivity contribution in [2.75, 3.05) is 7.11 Å². The van der Waals surface area contributed by atoms with Gasteiger partial charge in [-0.3, -0.25) is 4.79 Å². The monoisotopic (exact) mass is 431 g/mol. The molecule has 0 atom stereocenters. The van der Waals surface area contributed by atoms with Gasteiger partial charge in [-0.05, 0) is 41.5 Å². The molecule has 148 valence electrons. The van der Waals surface area contributed by atoms with Crippen molar-refractivity contribution in [2.45, 2.75) is 6.92 Å². The number of halogens is 2. The molecule has 1 heterocycles. The SMILES string of the molecule is COc1ccc(/C=C2N=C(/C=C/c3cccc(Cl)c3Cl)OC\2=O)cc1OC(C)=O. The lowest BCUT2D eigenvalue weighted by Gasteiger charge is -2.08. The van der Waals surface area contributed by atoms with Crippen LogP contribution in [0.25, 0.3) is 12.2 Å². The van der Waals surface area contributed by atoms with Crippen LogP contribution in [0.5, 0.6) is 11.5 Å². The van der Waals surface area contributed by atoms with Gasteiger partial charge < -0.3 is 14.2 Å². The maximum atomic E-state index is 12.1. The number of hydrogen-bond acceptors (Lipinski definition) is 6. The topological polar surface area (TPSA) is 74.2 Å². The number of nitrogens with zero attached hydrogens (tertiary/aromatic N) is 1. The van der Waals surface area contributed by atoms with Gasteiger partial charge in [0.15, 0.2) is 17.2 Å². The smallest absolute Gasteiger partial charge is 0.363 e. The molecule has 0 fully saturated rings. The quantitative estimate of drug-likeness (QED) is 0.380. The first kappa shape index (κ1) is 20.6. The number of hydrogen-bond donors (Lipinski definition) is 0. The Morgan fingerprint density at radius 2 is 1.93 bits per heavy atom. The van der Waals surface area contributed by atoms with E-state index in [2.05, 4.69) is 4.99 Å². The van der Waals surface area contributed by atoms with Gasteiger partial charge in [-0.1, -0.05) is 41.4 Å². The summed E-state index contributed by atoms with van der Waals surface area (Å²) in [5.41, 5.74) is 1.35. The normalized spacial score (nSPS) is 14.8. The highest BCUT2D eigenvalue weighted by atomic mass is 35.5. The second kappa shape index (κ2) is 8.94. The molecule has 29 heavy (non-hydrogen) atoms. The number of aliphatic imine (C=N–C) groups is 1. The molecule has 2 aromatic rings. The zero-order chi connectivity index (χ0) is 21.0. The van der Waals surface area contributed by atoms with Crippen LogP contribution in [0.15, 0.2) is 53.2 Å². The van der Waals surface area contributed by atoms with Crippen molar-refractivity contribution >= 4 is 53.2 Å². The number of esters is 2. The summed E-state index contributed by atoms with van der Waals surface area (Å²) >= 11 is 12.1. The fourth-order valence-electron chi connectivity index (χ4n) is 2.48. The maximum absolute atomic E-state index is 12.1. The van der Waals surface area contributed by atoms with Crippen LogP contribution in [-0.2, 0) is 14.3 Å². The van der Waals surface area contributed by atoms with Gasteiger partial charge in [0.1, 0.15) is 0 Å². The molecule has 0 spiro atoms. The van der Waals surface area contributed by atoms with E-state index in [0.29, 0.717) is 26.9 Å². The molecule has 2 aromatic carbocycles. The second-order valence-corrected chi connectivity index (χ2v) is 6.63. The molecule has 1 aliphatic rings. The van der Waals surface area contributed by atoms with Gasteiger partial charge in [0.2, 0.25) is 5.90 Å². The summed E-state index contributed by atoms with van der Waals surface area (Å²) in [7, 11) is 1.46. The molecule has 6 nitrogen and oxygen atoms in total. The van der Waals surface area contributed by atoms with Crippen LogP contribution in [-0.4, -0.2) is 24.9 Å². The fourth-order valence-corrected chi connectivity index (χ4v) is 2.85. The molecule has 0 aliphatic carbocycles. The Hall–Kier alpha value is -3.09. The van der Waals surface area contributed by atoms with E-state index in [4.69, 9.17) is 37.4 Å². The second-order valence-electron chi connectivity index (χ2n) is 5.85. The summed E-state index contributed by atoms with van der Waals surface area (Å²) in [5.74, 6) is -0.349. The number of cyclic esters (lactones) is 1. The molecular formula is C21H15Cl2NO5. The third-order valence-corrected chi connectivity index (χ3v) is 4.60. The van der Waals surface area contributed by atoms with Gasteiger partial charge in [0.05, 0.1) is 17.2 Å². The third kappa shape index (κ3) is 5.04. The number of methoxy groups -OCH3 is 1. The minimum Gasteiger partial charge on any atom is -0.493 e. The number of carbonyl (C=O) groups is 2. The van der Waals surface area contributed by atoms with E-state index in [-0.39, 0.29) is 17.3 Å². The summed E-state index contributed by atoms with van der Waals surface area (Å²) in [6.45, 7) is 1.29. The van der Waals surface area contributed by atoms with Crippen molar-refractivity contribution in [2.24, 2.45) is 4.99 Å². The zero-order valence-corrected chi connectivity index (χ0v) is 17.0. The average Bonchev–Trinajstić information content (AvgIpc) is 3.02. The highest BCUT2D eigenvalue weighted by molar-refractivity contribution is 6.42. The van der Waals surface area contributed by atoms with Gasteiger partial charge >= 0.3 is 11.9 Å². The molecule has 0 bridgehead atoms. The Labute approximate surface area is 177 Å². The summed E-state index contributed by atoms with van der Waals surface area (Å²) in [6, 6.07) is 10.1. The van der Waals surface area contributed by atoms with Gasteiger partial charge in [-0.25, -0.2) is 9.79 Å². The number of benzene rings is 2. The Kier molecular flexibility index (Phi) is 6.36. The molecule has 0 amide bonds. The Morgan fingerprint density at radius 3 is 2.66 bits per heavy atom. The summed E-state index contributed by atoms with van der Waals surface area (Å²) in [5, 5.41) is 0.810. The van der Waals surface area contributed by atoms with Crippen molar-refractivity contribution < 1.29 is 23.8 Å². The Balaban J connectivity index is 1.86. The van der Waals surface area contributed by atoms with Crippen LogP contribution in [0.1, 0.15) is 18.1 Å². The van der Waals surface area contributed by atoms with E-state index in [1.807, 2.05) is 0 Å². The summed E-state index contributed by atoms with van der Waals surface area (Å²) < 4.78 is 15.4. The lowest BCUT2D eigenvalue weighted by Crippen LogP contribution is -2.03. The van der Waals surface area contributed by atoms with Crippen LogP contribution in [0, 0.1) is 0 Å². The van der Waals surface area contributed by atoms with Gasteiger partial charge in [-0.15, -0.1) is 0 Å². The van der Waals surface area contributed by atoms with E-state index in [1.165, 1.54) is 26.2 Å². The van der Waals surface area contributed by atoms with Gasteiger partial charge in [0.25, 0.3) is 0 Å². The molecule has 0 radical (unpaired) electrons. The average molecular weight is 432 g/mol. The number of carbonyl (C=O) groups excluding carboxylic acids is 2. The predicted molar refractivity (Wildman–Crippen MR) is 111 cm³/mol. The van der Waals surface area contributed by atoms with E-state index < -0.39 is 11.9 Å². The van der Waals surface area contributed by atoms with Crippen LogP contribution < -0.4 is 9.47 Å². The molecule has 8 heteroatoms. The van der Waals surface area contributed by atoms with Crippen molar-refractivity contribution in [1.82, 2.24) is 0 Å². The van der Waals surface area contributed by atoms with Crippen molar-refractivity contribution in [3.05, 3.63) is 69.3 Å². The van der Waals surface area contributed by atoms with E-state index in [0.717, 1.165) is 0 Å². The van der Waals surface area contributed by atoms with E-state index in [1.54, 1.807) is 42.5 Å². The molecule has 0 saturated carbocycles. The largest absolute Gasteiger partial charge is 0.493 e. The first-order chi connectivity index (χ1) is 13.9. The van der Waals surface area contributed by atoms with Gasteiger partial charge in [-0.2, -0.15) is 0 Å². The molecule has 3 rings (SSSR count). The van der Waals surface area contributed by atoms with Crippen molar-refractivity contribution in [3.8, 4) is 11.5 Å². The van der Waals surface area contributed by atoms with Crippen molar-refractivity contribution in [3.63, 3.8) is 0 Å².